The van der Waals surface area contributed by atoms with Gasteiger partial charge in [0.05, 0.1) is 12.1 Å². The maximum atomic E-state index is 12.4. The largest absolute Gasteiger partial charge is 0.296 e. The summed E-state index contributed by atoms with van der Waals surface area (Å²) in [7, 11) is 3.46. The Morgan fingerprint density at radius 3 is 2.78 bits per heavy atom. The lowest BCUT2D eigenvalue weighted by molar-refractivity contribution is -0.117. The highest BCUT2D eigenvalue weighted by Gasteiger charge is 2.15. The van der Waals surface area contributed by atoms with Gasteiger partial charge in [0, 0.05) is 31.3 Å². The fraction of sp³-hybridized carbons (Fsp3) is 0.167. The van der Waals surface area contributed by atoms with Gasteiger partial charge in [0.2, 0.25) is 5.91 Å². The molecule has 4 nitrogen and oxygen atoms in total. The molecule has 0 bridgehead atoms. The molecular weight excluding hydrogens is 306 g/mol. The van der Waals surface area contributed by atoms with E-state index in [-0.39, 0.29) is 5.91 Å². The van der Waals surface area contributed by atoms with Crippen LogP contribution in [0.5, 0.6) is 0 Å². The van der Waals surface area contributed by atoms with Gasteiger partial charge >= 0.3 is 0 Å². The second-order valence-electron chi connectivity index (χ2n) is 4.86. The summed E-state index contributed by atoms with van der Waals surface area (Å²) in [6, 6.07) is 9.69. The SMILES string of the molecule is C=C/C(=C\C=NC)c1csc(N(C)C(=O)Cc2ccccc2)n1. The van der Waals surface area contributed by atoms with Crippen LogP contribution in [0.4, 0.5) is 5.13 Å². The van der Waals surface area contributed by atoms with E-state index in [1.165, 1.54) is 11.3 Å². The predicted molar refractivity (Wildman–Crippen MR) is 98.3 cm³/mol. The van der Waals surface area contributed by atoms with Gasteiger partial charge < -0.3 is 0 Å². The van der Waals surface area contributed by atoms with Crippen LogP contribution in [0.25, 0.3) is 5.57 Å². The molecule has 0 atom stereocenters. The summed E-state index contributed by atoms with van der Waals surface area (Å²) in [6.07, 6.45) is 5.63. The van der Waals surface area contributed by atoms with Crippen LogP contribution in [-0.2, 0) is 11.2 Å². The quantitative estimate of drug-likeness (QED) is 0.601. The summed E-state index contributed by atoms with van der Waals surface area (Å²) in [5, 5.41) is 2.58. The molecular formula is C18H19N3OS. The fourth-order valence-corrected chi connectivity index (χ4v) is 2.78. The Bertz CT molecular complexity index is 732. The van der Waals surface area contributed by atoms with Crippen molar-refractivity contribution < 1.29 is 4.79 Å². The van der Waals surface area contributed by atoms with Crippen LogP contribution >= 0.6 is 11.3 Å². The van der Waals surface area contributed by atoms with E-state index in [0.29, 0.717) is 11.6 Å². The van der Waals surface area contributed by atoms with Crippen molar-refractivity contribution in [3.05, 3.63) is 65.7 Å². The number of carbonyl (C=O) groups is 1. The zero-order chi connectivity index (χ0) is 16.7. The maximum absolute atomic E-state index is 12.4. The summed E-state index contributed by atoms with van der Waals surface area (Å²) in [6.45, 7) is 3.79. The van der Waals surface area contributed by atoms with Crippen molar-refractivity contribution in [2.24, 2.45) is 4.99 Å². The zero-order valence-electron chi connectivity index (χ0n) is 13.3. The fourth-order valence-electron chi connectivity index (χ4n) is 1.96. The van der Waals surface area contributed by atoms with Crippen molar-refractivity contribution in [2.75, 3.05) is 19.0 Å². The van der Waals surface area contributed by atoms with Crippen LogP contribution in [0.2, 0.25) is 0 Å². The molecule has 0 fully saturated rings. The number of rotatable bonds is 6. The van der Waals surface area contributed by atoms with Crippen LogP contribution < -0.4 is 4.90 Å². The third-order valence-electron chi connectivity index (χ3n) is 3.27. The highest BCUT2D eigenvalue weighted by atomic mass is 32.1. The first kappa shape index (κ1) is 16.8. The van der Waals surface area contributed by atoms with Gasteiger partial charge in [-0.15, -0.1) is 11.3 Å². The molecule has 1 heterocycles. The molecule has 1 amide bonds. The number of amides is 1. The molecule has 0 saturated heterocycles. The smallest absolute Gasteiger partial charge is 0.232 e. The lowest BCUT2D eigenvalue weighted by Crippen LogP contribution is -2.27. The number of allylic oxidation sites excluding steroid dienone is 3. The number of hydrogen-bond acceptors (Lipinski definition) is 4. The van der Waals surface area contributed by atoms with E-state index >= 15 is 0 Å². The molecule has 23 heavy (non-hydrogen) atoms. The topological polar surface area (TPSA) is 45.6 Å². The average molecular weight is 325 g/mol. The average Bonchev–Trinajstić information content (AvgIpc) is 3.05. The molecule has 118 valence electrons. The number of nitrogens with zero attached hydrogens (tertiary/aromatic N) is 3. The van der Waals surface area contributed by atoms with Crippen molar-refractivity contribution in [1.82, 2.24) is 4.98 Å². The molecule has 0 aliphatic carbocycles. The number of carbonyl (C=O) groups excluding carboxylic acids is 1. The molecule has 2 aromatic rings. The Morgan fingerprint density at radius 2 is 2.13 bits per heavy atom. The molecule has 0 aliphatic heterocycles. The van der Waals surface area contributed by atoms with Crippen molar-refractivity contribution in [3.8, 4) is 0 Å². The first-order valence-corrected chi connectivity index (χ1v) is 8.05. The minimum atomic E-state index is 0.0105. The first-order chi connectivity index (χ1) is 11.2. The van der Waals surface area contributed by atoms with E-state index in [0.717, 1.165) is 16.8 Å². The third-order valence-corrected chi connectivity index (χ3v) is 4.19. The van der Waals surface area contributed by atoms with E-state index in [9.17, 15) is 4.79 Å². The van der Waals surface area contributed by atoms with Gasteiger partial charge in [-0.25, -0.2) is 4.98 Å². The molecule has 1 aromatic carbocycles. The van der Waals surface area contributed by atoms with Crippen LogP contribution in [0.1, 0.15) is 11.3 Å². The molecule has 0 unspecified atom stereocenters. The molecule has 0 N–H and O–H groups in total. The van der Waals surface area contributed by atoms with E-state index in [2.05, 4.69) is 16.6 Å². The number of likely N-dealkylation sites (N-methyl/N-ethyl adjacent to an activating group) is 1. The van der Waals surface area contributed by atoms with Gasteiger partial charge in [-0.3, -0.25) is 14.7 Å². The number of benzene rings is 1. The van der Waals surface area contributed by atoms with Crippen molar-refractivity contribution >= 4 is 34.2 Å². The Hall–Kier alpha value is -2.53. The first-order valence-electron chi connectivity index (χ1n) is 7.17. The zero-order valence-corrected chi connectivity index (χ0v) is 14.1. The summed E-state index contributed by atoms with van der Waals surface area (Å²) in [4.78, 5) is 22.4. The maximum Gasteiger partial charge on any atom is 0.232 e. The minimum Gasteiger partial charge on any atom is -0.296 e. The molecule has 0 saturated carbocycles. The Balaban J connectivity index is 2.13. The van der Waals surface area contributed by atoms with Gasteiger partial charge in [0.15, 0.2) is 5.13 Å². The number of aromatic nitrogens is 1. The van der Waals surface area contributed by atoms with E-state index in [1.807, 2.05) is 41.8 Å². The second-order valence-corrected chi connectivity index (χ2v) is 5.70. The lowest BCUT2D eigenvalue weighted by atomic mass is 10.1. The van der Waals surface area contributed by atoms with Crippen LogP contribution in [0, 0.1) is 0 Å². The Labute approximate surface area is 140 Å². The lowest BCUT2D eigenvalue weighted by Gasteiger charge is -2.13. The number of hydrogen-bond donors (Lipinski definition) is 0. The number of aliphatic imine (C=N–C) groups is 1. The highest BCUT2D eigenvalue weighted by molar-refractivity contribution is 7.14. The Kier molecular flexibility index (Phi) is 6.00. The van der Waals surface area contributed by atoms with E-state index in [4.69, 9.17) is 0 Å². The monoisotopic (exact) mass is 325 g/mol. The second kappa shape index (κ2) is 8.19. The van der Waals surface area contributed by atoms with Gasteiger partial charge in [-0.05, 0) is 11.6 Å². The highest BCUT2D eigenvalue weighted by Crippen LogP contribution is 2.25. The van der Waals surface area contributed by atoms with Gasteiger partial charge in [0.1, 0.15) is 0 Å². The minimum absolute atomic E-state index is 0.0105. The molecule has 2 rings (SSSR count). The van der Waals surface area contributed by atoms with Crippen LogP contribution in [0.3, 0.4) is 0 Å². The third kappa shape index (κ3) is 4.47. The van der Waals surface area contributed by atoms with Crippen LogP contribution in [0.15, 0.2) is 59.4 Å². The van der Waals surface area contributed by atoms with Crippen molar-refractivity contribution in [1.29, 1.82) is 0 Å². The summed E-state index contributed by atoms with van der Waals surface area (Å²) in [5.74, 6) is 0.0105. The van der Waals surface area contributed by atoms with Gasteiger partial charge in [0.25, 0.3) is 0 Å². The van der Waals surface area contributed by atoms with E-state index < -0.39 is 0 Å². The van der Waals surface area contributed by atoms with Gasteiger partial charge in [-0.1, -0.05) is 43.0 Å². The number of thiazole rings is 1. The van der Waals surface area contributed by atoms with Crippen molar-refractivity contribution in [2.45, 2.75) is 6.42 Å². The van der Waals surface area contributed by atoms with Crippen molar-refractivity contribution in [3.63, 3.8) is 0 Å². The number of anilines is 1. The van der Waals surface area contributed by atoms with E-state index in [1.54, 1.807) is 31.3 Å². The molecule has 0 aliphatic rings. The normalized spacial score (nSPS) is 11.7. The van der Waals surface area contributed by atoms with Crippen LogP contribution in [-0.4, -0.2) is 31.2 Å². The summed E-state index contributed by atoms with van der Waals surface area (Å²) < 4.78 is 0. The Morgan fingerprint density at radius 1 is 1.39 bits per heavy atom. The molecule has 5 heteroatoms. The molecule has 1 aromatic heterocycles. The summed E-state index contributed by atoms with van der Waals surface area (Å²) in [5.41, 5.74) is 2.66. The predicted octanol–water partition coefficient (Wildman–Crippen LogP) is 3.62. The molecule has 0 spiro atoms. The van der Waals surface area contributed by atoms with Gasteiger partial charge in [-0.2, -0.15) is 0 Å². The summed E-state index contributed by atoms with van der Waals surface area (Å²) >= 11 is 1.43. The molecule has 0 radical (unpaired) electrons. The standard InChI is InChI=1S/C18H19N3OS/c1-4-15(10-11-19-2)16-13-23-18(20-16)21(3)17(22)12-14-8-6-5-7-9-14/h4-11,13H,1,12H2,2-3H3/b15-10+,19-11?.